The fourth-order valence-electron chi connectivity index (χ4n) is 5.33. The van der Waals surface area contributed by atoms with E-state index in [1.165, 1.54) is 36.6 Å². The molecule has 1 fully saturated rings. The van der Waals surface area contributed by atoms with Crippen molar-refractivity contribution < 1.29 is 46.7 Å². The molecule has 0 radical (unpaired) electrons. The smallest absolute Gasteiger partial charge is 0.464 e. The lowest BCUT2D eigenvalue weighted by Gasteiger charge is -2.28. The first-order valence-electron chi connectivity index (χ1n) is 16.6. The fraction of sp³-hybridized carbons (Fsp3) is 0.545. The van der Waals surface area contributed by atoms with Gasteiger partial charge in [-0.05, 0) is 18.4 Å². The fourth-order valence-corrected chi connectivity index (χ4v) is 6.48. The molecule has 2 aromatic heterocycles. The van der Waals surface area contributed by atoms with Gasteiger partial charge in [0.25, 0.3) is 0 Å². The van der Waals surface area contributed by atoms with Gasteiger partial charge < -0.3 is 30.6 Å². The molecule has 0 amide bonds. The van der Waals surface area contributed by atoms with Gasteiger partial charge in [0.1, 0.15) is 25.0 Å². The molecule has 1 saturated heterocycles. The molecule has 1 unspecified atom stereocenters. The predicted octanol–water partition coefficient (Wildman–Crippen LogP) is 4.14. The highest BCUT2D eigenvalue weighted by atomic mass is 31.2. The minimum Gasteiger partial charge on any atom is -0.464 e. The number of phosphoric ester groups is 1. The summed E-state index contributed by atoms with van der Waals surface area (Å²) in [7, 11) is -4.94. The Hall–Kier alpha value is -3.97. The topological polar surface area (TPSA) is 213 Å². The van der Waals surface area contributed by atoms with Crippen LogP contribution in [0, 0.1) is 18.4 Å². The Morgan fingerprint density at radius 1 is 1.16 bits per heavy atom. The zero-order valence-electron chi connectivity index (χ0n) is 27.9. The number of unbranched alkanes of at least 4 members (excludes halogenated alkanes) is 7. The van der Waals surface area contributed by atoms with E-state index in [1.807, 2.05) is 0 Å². The van der Waals surface area contributed by atoms with Crippen molar-refractivity contribution in [1.82, 2.24) is 19.5 Å². The van der Waals surface area contributed by atoms with Crippen molar-refractivity contribution in [1.29, 1.82) is 0 Å². The Labute approximate surface area is 289 Å². The number of aromatic nitrogens is 4. The van der Waals surface area contributed by atoms with Crippen molar-refractivity contribution in [2.24, 2.45) is 5.73 Å². The molecule has 4 rings (SSSR count). The summed E-state index contributed by atoms with van der Waals surface area (Å²) in [5, 5.41) is 11.0. The first kappa shape index (κ1) is 38.8. The molecule has 5 N–H and O–H groups in total. The second-order valence-corrected chi connectivity index (χ2v) is 13.5. The van der Waals surface area contributed by atoms with E-state index in [9.17, 15) is 23.7 Å². The lowest BCUT2D eigenvalue weighted by molar-refractivity contribution is -0.149. The number of fused-ring (bicyclic) bond motifs is 1. The van der Waals surface area contributed by atoms with E-state index in [2.05, 4.69) is 27.8 Å². The number of nitrogens with two attached hydrogens (primary N) is 2. The molecule has 3 aromatic rings. The number of anilines is 1. The van der Waals surface area contributed by atoms with Gasteiger partial charge in [0.15, 0.2) is 29.2 Å². The normalized spacial score (nSPS) is 20.6. The van der Waals surface area contributed by atoms with Gasteiger partial charge in [-0.15, -0.1) is 6.42 Å². The summed E-state index contributed by atoms with van der Waals surface area (Å²) in [6.07, 6.45) is 11.7. The number of ether oxygens (including phenoxy) is 2. The van der Waals surface area contributed by atoms with Crippen molar-refractivity contribution >= 4 is 36.7 Å². The largest absolute Gasteiger partial charge is 0.533 e. The number of aliphatic hydroxyl groups is 1. The van der Waals surface area contributed by atoms with Gasteiger partial charge in [-0.25, -0.2) is 19.1 Å². The first-order chi connectivity index (χ1) is 24.0. The lowest BCUT2D eigenvalue weighted by atomic mass is 9.99. The maximum atomic E-state index is 14.0. The number of carbonyl (C=O) groups excluding carboxylic acids is 2. The van der Waals surface area contributed by atoms with Crippen molar-refractivity contribution in [3.63, 3.8) is 0 Å². The number of nitrogens with zero attached hydrogens (tertiary/aromatic N) is 4. The van der Waals surface area contributed by atoms with Gasteiger partial charge >= 0.3 is 25.8 Å². The molecule has 17 heteroatoms. The number of phosphoric acid groups is 1. The number of esters is 1. The number of aliphatic hydroxyl groups excluding tert-OH is 1. The standard InChI is InChI=1S/C33H44FN6O9P/c1-3-5-6-7-8-9-10-14-17-45-27(42)20-46-50(44,49-31(43)24(35)18-23-15-12-11-13-16-23)47-21-33(4-2)25(41)19-26(48-33)40-22-37-28-29(36)38-32(34)39-30(28)40/h2,11-13,15-16,22,24-26,41H,3,5-10,14,17-21,35H2,1H3,(H2,36,38,39)/t24?,25-,26+,33+,50-/m0/s1. The van der Waals surface area contributed by atoms with E-state index in [0.29, 0.717) is 12.0 Å². The highest BCUT2D eigenvalue weighted by Gasteiger charge is 2.51. The van der Waals surface area contributed by atoms with Crippen LogP contribution in [0.15, 0.2) is 36.7 Å². The van der Waals surface area contributed by atoms with Crippen LogP contribution in [0.3, 0.4) is 0 Å². The van der Waals surface area contributed by atoms with E-state index in [4.69, 9.17) is 40.9 Å². The third kappa shape index (κ3) is 10.5. The van der Waals surface area contributed by atoms with Crippen LogP contribution in [0.4, 0.5) is 10.2 Å². The zero-order chi connectivity index (χ0) is 36.1. The second-order valence-electron chi connectivity index (χ2n) is 12.0. The van der Waals surface area contributed by atoms with Crippen LogP contribution in [0.1, 0.15) is 76.5 Å². The van der Waals surface area contributed by atoms with Gasteiger partial charge in [-0.2, -0.15) is 14.4 Å². The van der Waals surface area contributed by atoms with Gasteiger partial charge in [0, 0.05) is 6.42 Å². The molecule has 0 bridgehead atoms. The molecule has 50 heavy (non-hydrogen) atoms. The third-order valence-electron chi connectivity index (χ3n) is 8.13. The molecule has 5 atom stereocenters. The molecule has 0 spiro atoms. The number of halogens is 1. The summed E-state index contributed by atoms with van der Waals surface area (Å²) < 4.78 is 56.1. The zero-order valence-corrected chi connectivity index (χ0v) is 28.8. The number of benzene rings is 1. The molecule has 0 aliphatic carbocycles. The van der Waals surface area contributed by atoms with Crippen LogP contribution in [0.25, 0.3) is 11.2 Å². The van der Waals surface area contributed by atoms with E-state index in [-0.39, 0.29) is 36.4 Å². The molecule has 3 heterocycles. The quantitative estimate of drug-likeness (QED) is 0.0493. The minimum absolute atomic E-state index is 0.0261. The second kappa shape index (κ2) is 18.3. The molecule has 15 nitrogen and oxygen atoms in total. The van der Waals surface area contributed by atoms with Crippen molar-refractivity contribution in [3.05, 3.63) is 48.3 Å². The molecule has 0 saturated carbocycles. The molecule has 1 aromatic carbocycles. The Kier molecular flexibility index (Phi) is 14.2. The number of carbonyl (C=O) groups is 2. The van der Waals surface area contributed by atoms with Crippen LogP contribution in [-0.4, -0.2) is 74.1 Å². The molecular weight excluding hydrogens is 674 g/mol. The van der Waals surface area contributed by atoms with Gasteiger partial charge in [0.2, 0.25) is 0 Å². The summed E-state index contributed by atoms with van der Waals surface area (Å²) in [6.45, 7) is 0.563. The first-order valence-corrected chi connectivity index (χ1v) is 18.0. The Morgan fingerprint density at radius 3 is 2.56 bits per heavy atom. The number of nitrogen functional groups attached to an aromatic ring is 1. The minimum atomic E-state index is -4.94. The number of hydrogen-bond donors (Lipinski definition) is 3. The van der Waals surface area contributed by atoms with Crippen LogP contribution < -0.4 is 11.5 Å². The summed E-state index contributed by atoms with van der Waals surface area (Å²) in [5.74, 6) is 0.0748. The van der Waals surface area contributed by atoms with Crippen molar-refractivity contribution in [3.8, 4) is 12.3 Å². The van der Waals surface area contributed by atoms with E-state index in [1.54, 1.807) is 30.3 Å². The number of terminal acetylenes is 1. The van der Waals surface area contributed by atoms with Crippen molar-refractivity contribution in [2.45, 2.75) is 95.1 Å². The Balaban J connectivity index is 1.40. The SMILES string of the molecule is C#C[C@]1(CO[P@](=O)(OCC(=O)OCCCCCCCCCC)OC(=O)C(N)Cc2ccccc2)O[C@@H](n2cnc3c(N)nc(F)nc32)C[C@@H]1O. The number of rotatable bonds is 20. The highest BCUT2D eigenvalue weighted by molar-refractivity contribution is 7.49. The van der Waals surface area contributed by atoms with Gasteiger partial charge in [-0.3, -0.25) is 13.6 Å². The molecule has 1 aliphatic rings. The monoisotopic (exact) mass is 718 g/mol. The van der Waals surface area contributed by atoms with Gasteiger partial charge in [0.05, 0.1) is 12.9 Å². The molecular formula is C33H44FN6O9P. The lowest BCUT2D eigenvalue weighted by Crippen LogP contribution is -2.42. The Bertz CT molecular complexity index is 1670. The van der Waals surface area contributed by atoms with Crippen LogP contribution >= 0.6 is 7.82 Å². The van der Waals surface area contributed by atoms with Crippen LogP contribution in [0.2, 0.25) is 0 Å². The summed E-state index contributed by atoms with van der Waals surface area (Å²) in [4.78, 5) is 36.7. The predicted molar refractivity (Wildman–Crippen MR) is 179 cm³/mol. The molecule has 272 valence electrons. The van der Waals surface area contributed by atoms with Crippen LogP contribution in [0.5, 0.6) is 0 Å². The third-order valence-corrected chi connectivity index (χ3v) is 9.42. The van der Waals surface area contributed by atoms with Gasteiger partial charge in [-0.1, -0.05) is 88.1 Å². The maximum Gasteiger partial charge on any atom is 0.533 e. The summed E-state index contributed by atoms with van der Waals surface area (Å²) in [6, 6.07) is 7.51. The average molecular weight is 719 g/mol. The van der Waals surface area contributed by atoms with Crippen molar-refractivity contribution in [2.75, 3.05) is 25.6 Å². The van der Waals surface area contributed by atoms with E-state index < -0.39 is 63.0 Å². The maximum absolute atomic E-state index is 14.0. The number of hydrogen-bond acceptors (Lipinski definition) is 14. The highest BCUT2D eigenvalue weighted by Crippen LogP contribution is 2.52. The Morgan fingerprint density at radius 2 is 1.86 bits per heavy atom. The van der Waals surface area contributed by atoms with E-state index in [0.717, 1.165) is 19.3 Å². The number of imidazole rings is 1. The van der Waals surface area contributed by atoms with Crippen LogP contribution in [-0.2, 0) is 43.6 Å². The summed E-state index contributed by atoms with van der Waals surface area (Å²) in [5.41, 5.74) is 10.6. The molecule has 1 aliphatic heterocycles. The van der Waals surface area contributed by atoms with E-state index >= 15 is 0 Å². The summed E-state index contributed by atoms with van der Waals surface area (Å²) >= 11 is 0. The average Bonchev–Trinajstić information content (AvgIpc) is 3.67.